The molecule has 0 spiro atoms. The number of halogens is 2. The molecule has 1 unspecified atom stereocenters. The smallest absolute Gasteiger partial charge is 0.433 e. The molecule has 28 heavy (non-hydrogen) atoms. The molecule has 3 aromatic rings. The Bertz CT molecular complexity index is 1060. The molecular weight excluding hydrogens is 392 g/mol. The zero-order valence-corrected chi connectivity index (χ0v) is 16.2. The maximum absolute atomic E-state index is 13.3. The largest absolute Gasteiger partial charge is 0.609 e. The second-order valence-electron chi connectivity index (χ2n) is 6.42. The van der Waals surface area contributed by atoms with Gasteiger partial charge in [0.25, 0.3) is 0 Å². The Morgan fingerprint density at radius 2 is 2.11 bits per heavy atom. The van der Waals surface area contributed by atoms with Gasteiger partial charge in [0.1, 0.15) is 5.75 Å². The summed E-state index contributed by atoms with van der Waals surface area (Å²) < 4.78 is 54.5. The van der Waals surface area contributed by atoms with Crippen molar-refractivity contribution in [1.82, 2.24) is 15.0 Å². The van der Waals surface area contributed by atoms with E-state index in [1.807, 2.05) is 13.8 Å². The fraction of sp³-hybridized carbons (Fsp3) is 0.333. The number of H-pyrrole nitrogens is 1. The molecule has 1 aliphatic heterocycles. The Labute approximate surface area is 162 Å². The summed E-state index contributed by atoms with van der Waals surface area (Å²) in [5.74, 6) is 0.913. The number of imidazole rings is 1. The Kier molecular flexibility index (Phi) is 4.54. The van der Waals surface area contributed by atoms with E-state index in [0.717, 1.165) is 11.1 Å². The summed E-state index contributed by atoms with van der Waals surface area (Å²) in [6, 6.07) is 2.85. The van der Waals surface area contributed by atoms with E-state index in [2.05, 4.69) is 19.7 Å². The number of methoxy groups -OCH3 is 1. The molecular formula is C18H17F2N3O4S. The minimum Gasteiger partial charge on any atom is -0.609 e. The summed E-state index contributed by atoms with van der Waals surface area (Å²) >= 11 is -1.53. The molecule has 0 saturated heterocycles. The summed E-state index contributed by atoms with van der Waals surface area (Å²) in [6.45, 7) is 2.87. The van der Waals surface area contributed by atoms with Gasteiger partial charge in [-0.05, 0) is 13.8 Å². The molecule has 1 N–H and O–H groups in total. The van der Waals surface area contributed by atoms with Crippen LogP contribution in [0.3, 0.4) is 0 Å². The van der Waals surface area contributed by atoms with Crippen molar-refractivity contribution in [1.29, 1.82) is 0 Å². The van der Waals surface area contributed by atoms with Crippen LogP contribution in [0.15, 0.2) is 23.5 Å². The van der Waals surface area contributed by atoms with Crippen molar-refractivity contribution in [3.05, 3.63) is 35.2 Å². The number of alkyl halides is 2. The maximum Gasteiger partial charge on any atom is 0.433 e. The van der Waals surface area contributed by atoms with E-state index in [9.17, 15) is 13.3 Å². The summed E-state index contributed by atoms with van der Waals surface area (Å²) in [7, 11) is 1.57. The van der Waals surface area contributed by atoms with E-state index in [-0.39, 0.29) is 22.4 Å². The monoisotopic (exact) mass is 409 g/mol. The zero-order chi connectivity index (χ0) is 20.1. The van der Waals surface area contributed by atoms with Gasteiger partial charge in [0.05, 0.1) is 23.8 Å². The summed E-state index contributed by atoms with van der Waals surface area (Å²) in [4.78, 5) is 11.6. The minimum absolute atomic E-state index is 0.103. The second kappa shape index (κ2) is 6.78. The Morgan fingerprint density at radius 3 is 2.86 bits per heavy atom. The van der Waals surface area contributed by atoms with Gasteiger partial charge in [-0.1, -0.05) is 0 Å². The second-order valence-corrected chi connectivity index (χ2v) is 7.79. The lowest BCUT2D eigenvalue weighted by atomic mass is 10.1. The first-order valence-corrected chi connectivity index (χ1v) is 9.70. The minimum atomic E-state index is -3.39. The fourth-order valence-electron chi connectivity index (χ4n) is 3.06. The van der Waals surface area contributed by atoms with Crippen LogP contribution in [-0.4, -0.2) is 39.3 Å². The van der Waals surface area contributed by atoms with Gasteiger partial charge in [-0.25, -0.2) is 0 Å². The van der Waals surface area contributed by atoms with Crippen LogP contribution in [0, 0.1) is 13.8 Å². The van der Waals surface area contributed by atoms with Crippen LogP contribution in [-0.2, 0) is 16.9 Å². The van der Waals surface area contributed by atoms with Crippen LogP contribution in [0.4, 0.5) is 8.78 Å². The van der Waals surface area contributed by atoms with E-state index in [1.165, 1.54) is 12.1 Å². The standard InChI is InChI=1S/C18H17F2N3O4S/c1-9-6-21-13(10(2)16(9)25-3)7-28(24)17-22-11-4-14-15(5-12(11)23-17)27-18(19,20)8-26-14/h4-6H,7-8H2,1-3H3,(H,22,23). The average Bonchev–Trinajstić information content (AvgIpc) is 3.05. The van der Waals surface area contributed by atoms with Crippen molar-refractivity contribution in [3.8, 4) is 17.2 Å². The first kappa shape index (κ1) is 18.8. The number of rotatable bonds is 4. The molecule has 7 nitrogen and oxygen atoms in total. The number of aromatic nitrogens is 3. The SMILES string of the molecule is COc1c(C)cnc(C[S+]([O-])c2nc3cc4c(cc3[nH]2)OCC(F)(F)O4)c1C. The fourth-order valence-corrected chi connectivity index (χ4v) is 4.16. The molecule has 0 radical (unpaired) electrons. The summed E-state index contributed by atoms with van der Waals surface area (Å²) in [6.07, 6.45) is -1.73. The van der Waals surface area contributed by atoms with E-state index in [4.69, 9.17) is 9.47 Å². The van der Waals surface area contributed by atoms with Gasteiger partial charge < -0.3 is 18.8 Å². The van der Waals surface area contributed by atoms with Gasteiger partial charge in [-0.15, -0.1) is 0 Å². The highest BCUT2D eigenvalue weighted by molar-refractivity contribution is 7.90. The van der Waals surface area contributed by atoms with Crippen molar-refractivity contribution in [3.63, 3.8) is 0 Å². The third-order valence-electron chi connectivity index (χ3n) is 4.41. The number of hydrogen-bond donors (Lipinski definition) is 1. The lowest BCUT2D eigenvalue weighted by molar-refractivity contribution is -0.208. The zero-order valence-electron chi connectivity index (χ0n) is 15.3. The number of nitrogens with zero attached hydrogens (tertiary/aromatic N) is 2. The Balaban J connectivity index is 1.63. The molecule has 4 rings (SSSR count). The number of ether oxygens (including phenoxy) is 3. The normalized spacial score (nSPS) is 16.2. The Hall–Kier alpha value is -2.59. The molecule has 0 amide bonds. The van der Waals surface area contributed by atoms with Crippen LogP contribution in [0.5, 0.6) is 17.2 Å². The van der Waals surface area contributed by atoms with Gasteiger partial charge in [-0.2, -0.15) is 13.8 Å². The predicted octanol–water partition coefficient (Wildman–Crippen LogP) is 3.26. The molecule has 0 saturated carbocycles. The quantitative estimate of drug-likeness (QED) is 0.665. The third kappa shape index (κ3) is 3.33. The molecule has 10 heteroatoms. The van der Waals surface area contributed by atoms with E-state index in [0.29, 0.717) is 22.5 Å². The topological polar surface area (TPSA) is 92.3 Å². The highest BCUT2D eigenvalue weighted by Crippen LogP contribution is 2.39. The number of aryl methyl sites for hydroxylation is 1. The van der Waals surface area contributed by atoms with Crippen LogP contribution >= 0.6 is 0 Å². The molecule has 148 valence electrons. The average molecular weight is 409 g/mol. The highest BCUT2D eigenvalue weighted by atomic mass is 32.2. The van der Waals surface area contributed by atoms with Gasteiger partial charge in [-0.3, -0.25) is 9.97 Å². The third-order valence-corrected chi connectivity index (χ3v) is 5.57. The van der Waals surface area contributed by atoms with E-state index in [1.54, 1.807) is 13.3 Å². The van der Waals surface area contributed by atoms with Crippen molar-refractivity contribution in [2.24, 2.45) is 0 Å². The number of hydrogen-bond acceptors (Lipinski definition) is 6. The number of nitrogens with one attached hydrogen (secondary N) is 1. The highest BCUT2D eigenvalue weighted by Gasteiger charge is 2.38. The molecule has 1 atom stereocenters. The van der Waals surface area contributed by atoms with Crippen molar-refractivity contribution >= 4 is 22.2 Å². The van der Waals surface area contributed by atoms with Crippen LogP contribution in [0.2, 0.25) is 0 Å². The summed E-state index contributed by atoms with van der Waals surface area (Å²) in [5, 5.41) is 0.213. The van der Waals surface area contributed by atoms with Gasteiger partial charge >= 0.3 is 11.3 Å². The van der Waals surface area contributed by atoms with Gasteiger partial charge in [0, 0.05) is 40.6 Å². The van der Waals surface area contributed by atoms with Crippen LogP contribution < -0.4 is 14.2 Å². The number of fused-ring (bicyclic) bond motifs is 2. The predicted molar refractivity (Wildman–Crippen MR) is 97.5 cm³/mol. The van der Waals surface area contributed by atoms with Crippen LogP contribution in [0.25, 0.3) is 11.0 Å². The molecule has 1 aromatic carbocycles. The van der Waals surface area contributed by atoms with Gasteiger partial charge in [0.15, 0.2) is 23.9 Å². The number of aromatic amines is 1. The van der Waals surface area contributed by atoms with E-state index >= 15 is 0 Å². The molecule has 0 aliphatic carbocycles. The first-order chi connectivity index (χ1) is 13.3. The molecule has 0 bridgehead atoms. The van der Waals surface area contributed by atoms with Crippen LogP contribution in [0.1, 0.15) is 16.8 Å². The van der Waals surface area contributed by atoms with Crippen molar-refractivity contribution < 1.29 is 27.5 Å². The summed E-state index contributed by atoms with van der Waals surface area (Å²) in [5.41, 5.74) is 3.20. The molecule has 0 fully saturated rings. The lowest BCUT2D eigenvalue weighted by Crippen LogP contribution is -2.35. The van der Waals surface area contributed by atoms with Gasteiger partial charge in [0.2, 0.25) is 0 Å². The first-order valence-electron chi connectivity index (χ1n) is 8.38. The molecule has 1 aliphatic rings. The van der Waals surface area contributed by atoms with Crippen molar-refractivity contribution in [2.75, 3.05) is 13.7 Å². The van der Waals surface area contributed by atoms with E-state index < -0.39 is 23.9 Å². The lowest BCUT2D eigenvalue weighted by Gasteiger charge is -2.25. The molecule has 2 aromatic heterocycles. The maximum atomic E-state index is 13.3. The molecule has 3 heterocycles. The number of pyridine rings is 1. The van der Waals surface area contributed by atoms with Crippen molar-refractivity contribution in [2.45, 2.75) is 30.9 Å². The number of benzene rings is 1. The Morgan fingerprint density at radius 1 is 1.32 bits per heavy atom.